The maximum absolute atomic E-state index is 11.7. The second kappa shape index (κ2) is 4.14. The van der Waals surface area contributed by atoms with Crippen LogP contribution in [-0.4, -0.2) is 25.2 Å². The van der Waals surface area contributed by atoms with E-state index in [1.54, 1.807) is 4.90 Å². The number of nitrogens with zero attached hydrogens (tertiary/aromatic N) is 1. The molecule has 2 amide bonds. The van der Waals surface area contributed by atoms with Gasteiger partial charge in [0.1, 0.15) is 0 Å². The highest BCUT2D eigenvalue weighted by molar-refractivity contribution is 5.94. The highest BCUT2D eigenvalue weighted by Gasteiger charge is 2.28. The summed E-state index contributed by atoms with van der Waals surface area (Å²) >= 11 is 0. The number of anilines is 1. The van der Waals surface area contributed by atoms with E-state index in [1.165, 1.54) is 11.1 Å². The van der Waals surface area contributed by atoms with Gasteiger partial charge < -0.3 is 11.1 Å². The fraction of sp³-hybridized carbons (Fsp3) is 0.417. The van der Waals surface area contributed by atoms with Gasteiger partial charge in [-0.2, -0.15) is 0 Å². The van der Waals surface area contributed by atoms with Gasteiger partial charge in [-0.25, -0.2) is 4.79 Å². The second-order valence-corrected chi connectivity index (χ2v) is 4.26. The first kappa shape index (κ1) is 11.0. The van der Waals surface area contributed by atoms with Crippen LogP contribution in [0.3, 0.4) is 0 Å². The molecule has 0 bridgehead atoms. The standard InChI is InChI=1S/C12H17N3O/c1-8-3-4-11(5-9(8)2)15-7-10(6-13)14-12(15)16/h3-5,10H,6-7,13H2,1-2H3,(H,14,16). The largest absolute Gasteiger partial charge is 0.332 e. The monoisotopic (exact) mass is 219 g/mol. The third-order valence-corrected chi connectivity index (χ3v) is 3.06. The van der Waals surface area contributed by atoms with Crippen molar-refractivity contribution in [1.82, 2.24) is 5.32 Å². The van der Waals surface area contributed by atoms with Gasteiger partial charge in [-0.05, 0) is 37.1 Å². The molecule has 1 fully saturated rings. The fourth-order valence-electron chi connectivity index (χ4n) is 1.85. The number of aryl methyl sites for hydroxylation is 2. The molecule has 0 radical (unpaired) electrons. The van der Waals surface area contributed by atoms with Gasteiger partial charge in [-0.1, -0.05) is 6.07 Å². The lowest BCUT2D eigenvalue weighted by Gasteiger charge is -2.16. The van der Waals surface area contributed by atoms with E-state index in [0.29, 0.717) is 13.1 Å². The van der Waals surface area contributed by atoms with Crippen molar-refractivity contribution in [3.05, 3.63) is 29.3 Å². The summed E-state index contributed by atoms with van der Waals surface area (Å²) in [5, 5.41) is 2.85. The molecular weight excluding hydrogens is 202 g/mol. The molecule has 1 heterocycles. The zero-order valence-electron chi connectivity index (χ0n) is 9.66. The van der Waals surface area contributed by atoms with Gasteiger partial charge in [0.25, 0.3) is 0 Å². The van der Waals surface area contributed by atoms with Crippen LogP contribution in [0.2, 0.25) is 0 Å². The predicted octanol–water partition coefficient (Wildman–Crippen LogP) is 1.16. The van der Waals surface area contributed by atoms with Crippen molar-refractivity contribution in [2.45, 2.75) is 19.9 Å². The zero-order valence-corrected chi connectivity index (χ0v) is 9.66. The van der Waals surface area contributed by atoms with Gasteiger partial charge >= 0.3 is 6.03 Å². The van der Waals surface area contributed by atoms with E-state index in [-0.39, 0.29) is 12.1 Å². The van der Waals surface area contributed by atoms with Crippen LogP contribution in [0.1, 0.15) is 11.1 Å². The van der Waals surface area contributed by atoms with Crippen LogP contribution in [0, 0.1) is 13.8 Å². The second-order valence-electron chi connectivity index (χ2n) is 4.26. The lowest BCUT2D eigenvalue weighted by Crippen LogP contribution is -2.33. The maximum Gasteiger partial charge on any atom is 0.322 e. The molecule has 1 saturated heterocycles. The molecule has 0 aliphatic carbocycles. The normalized spacial score (nSPS) is 20.1. The Labute approximate surface area is 95.4 Å². The predicted molar refractivity (Wildman–Crippen MR) is 64.6 cm³/mol. The van der Waals surface area contributed by atoms with Crippen molar-refractivity contribution in [2.24, 2.45) is 5.73 Å². The maximum atomic E-state index is 11.7. The number of rotatable bonds is 2. The summed E-state index contributed by atoms with van der Waals surface area (Å²) in [6, 6.07) is 6.05. The average molecular weight is 219 g/mol. The number of nitrogens with one attached hydrogen (secondary N) is 1. The molecule has 1 atom stereocenters. The van der Waals surface area contributed by atoms with Gasteiger partial charge in [0.05, 0.1) is 6.04 Å². The van der Waals surface area contributed by atoms with Crippen molar-refractivity contribution >= 4 is 11.7 Å². The van der Waals surface area contributed by atoms with E-state index < -0.39 is 0 Å². The molecular formula is C12H17N3O. The number of hydrogen-bond acceptors (Lipinski definition) is 2. The molecule has 1 aromatic rings. The Morgan fingerprint density at radius 2 is 2.19 bits per heavy atom. The Kier molecular flexibility index (Phi) is 2.83. The summed E-state index contributed by atoms with van der Waals surface area (Å²) in [4.78, 5) is 13.4. The molecule has 4 heteroatoms. The Balaban J connectivity index is 2.24. The van der Waals surface area contributed by atoms with Crippen molar-refractivity contribution in [2.75, 3.05) is 18.0 Å². The van der Waals surface area contributed by atoms with Crippen molar-refractivity contribution in [3.63, 3.8) is 0 Å². The van der Waals surface area contributed by atoms with Gasteiger partial charge in [0, 0.05) is 18.8 Å². The summed E-state index contributed by atoms with van der Waals surface area (Å²) in [6.45, 7) is 5.24. The summed E-state index contributed by atoms with van der Waals surface area (Å²) in [5.41, 5.74) is 8.92. The minimum absolute atomic E-state index is 0.0568. The number of carbonyl (C=O) groups excluding carboxylic acids is 1. The molecule has 0 saturated carbocycles. The number of amides is 2. The average Bonchev–Trinajstić information content (AvgIpc) is 2.64. The Bertz CT molecular complexity index is 417. The quantitative estimate of drug-likeness (QED) is 0.784. The molecule has 1 aliphatic rings. The third kappa shape index (κ3) is 1.88. The molecule has 4 nitrogen and oxygen atoms in total. The summed E-state index contributed by atoms with van der Waals surface area (Å²) in [6.07, 6.45) is 0. The van der Waals surface area contributed by atoms with Gasteiger partial charge in [0.15, 0.2) is 0 Å². The van der Waals surface area contributed by atoms with E-state index in [2.05, 4.69) is 12.2 Å². The van der Waals surface area contributed by atoms with Crippen LogP contribution < -0.4 is 16.0 Å². The molecule has 2 rings (SSSR count). The van der Waals surface area contributed by atoms with Crippen LogP contribution in [0.4, 0.5) is 10.5 Å². The van der Waals surface area contributed by atoms with E-state index in [1.807, 2.05) is 25.1 Å². The zero-order chi connectivity index (χ0) is 11.7. The molecule has 0 spiro atoms. The van der Waals surface area contributed by atoms with Crippen molar-refractivity contribution in [3.8, 4) is 0 Å². The first-order valence-electron chi connectivity index (χ1n) is 5.47. The summed E-state index contributed by atoms with van der Waals surface area (Å²) in [5.74, 6) is 0. The van der Waals surface area contributed by atoms with E-state index in [0.717, 1.165) is 5.69 Å². The number of carbonyl (C=O) groups is 1. The number of benzene rings is 1. The minimum atomic E-state index is -0.0568. The molecule has 1 unspecified atom stereocenters. The Morgan fingerprint density at radius 1 is 1.44 bits per heavy atom. The SMILES string of the molecule is Cc1ccc(N2CC(CN)NC2=O)cc1C. The lowest BCUT2D eigenvalue weighted by atomic mass is 10.1. The number of nitrogens with two attached hydrogens (primary N) is 1. The minimum Gasteiger partial charge on any atom is -0.332 e. The van der Waals surface area contributed by atoms with Crippen molar-refractivity contribution in [1.29, 1.82) is 0 Å². The Morgan fingerprint density at radius 3 is 2.75 bits per heavy atom. The summed E-state index contributed by atoms with van der Waals surface area (Å²) < 4.78 is 0. The molecule has 86 valence electrons. The molecule has 1 aromatic carbocycles. The first-order valence-corrected chi connectivity index (χ1v) is 5.47. The molecule has 0 aromatic heterocycles. The molecule has 16 heavy (non-hydrogen) atoms. The van der Waals surface area contributed by atoms with Gasteiger partial charge in [-0.15, -0.1) is 0 Å². The van der Waals surface area contributed by atoms with Crippen LogP contribution in [-0.2, 0) is 0 Å². The van der Waals surface area contributed by atoms with Crippen LogP contribution in [0.5, 0.6) is 0 Å². The summed E-state index contributed by atoms with van der Waals surface area (Å²) in [7, 11) is 0. The van der Waals surface area contributed by atoms with E-state index >= 15 is 0 Å². The number of hydrogen-bond donors (Lipinski definition) is 2. The smallest absolute Gasteiger partial charge is 0.322 e. The molecule has 1 aliphatic heterocycles. The highest BCUT2D eigenvalue weighted by Crippen LogP contribution is 2.21. The van der Waals surface area contributed by atoms with Crippen LogP contribution in [0.25, 0.3) is 0 Å². The van der Waals surface area contributed by atoms with Crippen LogP contribution >= 0.6 is 0 Å². The fourth-order valence-corrected chi connectivity index (χ4v) is 1.85. The first-order chi connectivity index (χ1) is 7.61. The van der Waals surface area contributed by atoms with Crippen molar-refractivity contribution < 1.29 is 4.79 Å². The van der Waals surface area contributed by atoms with E-state index in [4.69, 9.17) is 5.73 Å². The Hall–Kier alpha value is -1.55. The topological polar surface area (TPSA) is 58.4 Å². The van der Waals surface area contributed by atoms with Crippen LogP contribution in [0.15, 0.2) is 18.2 Å². The van der Waals surface area contributed by atoms with E-state index in [9.17, 15) is 4.79 Å². The lowest BCUT2D eigenvalue weighted by molar-refractivity contribution is 0.251. The van der Waals surface area contributed by atoms with Gasteiger partial charge in [-0.3, -0.25) is 4.90 Å². The third-order valence-electron chi connectivity index (χ3n) is 3.06. The highest BCUT2D eigenvalue weighted by atomic mass is 16.2. The van der Waals surface area contributed by atoms with Gasteiger partial charge in [0.2, 0.25) is 0 Å². The number of urea groups is 1. The molecule has 3 N–H and O–H groups in total.